The summed E-state index contributed by atoms with van der Waals surface area (Å²) in [6, 6.07) is 19.4. The number of rotatable bonds is 7. The Morgan fingerprint density at radius 3 is 2.43 bits per heavy atom. The molecular weight excluding hydrogens is 604 g/mol. The van der Waals surface area contributed by atoms with E-state index >= 15 is 0 Å². The third kappa shape index (κ3) is 7.50. The summed E-state index contributed by atoms with van der Waals surface area (Å²) in [5.41, 5.74) is 1.89. The van der Waals surface area contributed by atoms with Gasteiger partial charge < -0.3 is 20.1 Å². The average molecular weight is 643 g/mol. The lowest BCUT2D eigenvalue weighted by Gasteiger charge is -2.28. The van der Waals surface area contributed by atoms with E-state index in [9.17, 15) is 9.59 Å². The standard InChI is InChI=1S/C35H39ClN6O4/c1-35(2,3)46-34(44)39-31(22-9-5-4-6-10-22)33(43)38-26-20-24-19-25(36)14-17-28(24)42-29(21-26)40-41-32(42)23-12-15-27(16-13-23)45-30-11-7-8-18-37-30/h4-11,14,17-19,23,26-27,31H,12-13,15-16,20-21H2,1-3H3,(H,38,43)(H,39,44)/t23?,26-,27?,31+/m1/s1. The normalized spacial score (nSPS) is 20.0. The first-order valence-electron chi connectivity index (χ1n) is 15.8. The number of hydrogen-bond donors (Lipinski definition) is 2. The maximum Gasteiger partial charge on any atom is 0.408 e. The van der Waals surface area contributed by atoms with Crippen LogP contribution in [-0.2, 0) is 22.4 Å². The predicted octanol–water partition coefficient (Wildman–Crippen LogP) is 6.27. The number of halogens is 1. The minimum absolute atomic E-state index is 0.107. The van der Waals surface area contributed by atoms with Crippen molar-refractivity contribution in [1.82, 2.24) is 30.4 Å². The lowest BCUT2D eigenvalue weighted by molar-refractivity contribution is -0.124. The highest BCUT2D eigenvalue weighted by atomic mass is 35.5. The van der Waals surface area contributed by atoms with E-state index < -0.39 is 17.7 Å². The molecule has 0 bridgehead atoms. The van der Waals surface area contributed by atoms with Crippen LogP contribution in [0.3, 0.4) is 0 Å². The van der Waals surface area contributed by atoms with Gasteiger partial charge in [-0.1, -0.05) is 48.0 Å². The lowest BCUT2D eigenvalue weighted by atomic mass is 9.86. The zero-order chi connectivity index (χ0) is 32.3. The third-order valence-corrected chi connectivity index (χ3v) is 8.54. The number of nitrogens with zero attached hydrogens (tertiary/aromatic N) is 4. The van der Waals surface area contributed by atoms with Gasteiger partial charge in [-0.2, -0.15) is 0 Å². The number of hydrogen-bond acceptors (Lipinski definition) is 7. The largest absolute Gasteiger partial charge is 0.474 e. The van der Waals surface area contributed by atoms with Gasteiger partial charge in [-0.05, 0) is 88.3 Å². The van der Waals surface area contributed by atoms with E-state index in [1.165, 1.54) is 0 Å². The number of carbonyl (C=O) groups is 2. The molecule has 46 heavy (non-hydrogen) atoms. The summed E-state index contributed by atoms with van der Waals surface area (Å²) in [5, 5.41) is 15.9. The molecule has 2 amide bonds. The Balaban J connectivity index is 1.22. The average Bonchev–Trinajstić information content (AvgIpc) is 3.36. The molecule has 11 heteroatoms. The summed E-state index contributed by atoms with van der Waals surface area (Å²) in [6.07, 6.45) is 5.77. The Labute approximate surface area is 273 Å². The Hall–Kier alpha value is -4.44. The first kappa shape index (κ1) is 31.5. The number of carbonyl (C=O) groups excluding carboxylic acids is 2. The molecule has 1 saturated carbocycles. The van der Waals surface area contributed by atoms with Gasteiger partial charge >= 0.3 is 6.09 Å². The van der Waals surface area contributed by atoms with Crippen LogP contribution in [0, 0.1) is 0 Å². The van der Waals surface area contributed by atoms with Gasteiger partial charge in [-0.3, -0.25) is 9.36 Å². The topological polar surface area (TPSA) is 120 Å². The molecule has 240 valence electrons. The highest BCUT2D eigenvalue weighted by Gasteiger charge is 2.34. The Bertz CT molecular complexity index is 1670. The fraction of sp³-hybridized carbons (Fsp3) is 0.400. The Kier molecular flexibility index (Phi) is 9.26. The second kappa shape index (κ2) is 13.5. The van der Waals surface area contributed by atoms with E-state index in [-0.39, 0.29) is 24.0 Å². The van der Waals surface area contributed by atoms with Gasteiger partial charge in [0.15, 0.2) is 0 Å². The van der Waals surface area contributed by atoms with Crippen molar-refractivity contribution in [2.75, 3.05) is 0 Å². The van der Waals surface area contributed by atoms with Gasteiger partial charge in [-0.25, -0.2) is 9.78 Å². The number of pyridine rings is 1. The summed E-state index contributed by atoms with van der Waals surface area (Å²) in [5.74, 6) is 2.20. The van der Waals surface area contributed by atoms with E-state index in [0.717, 1.165) is 48.6 Å². The molecule has 0 unspecified atom stereocenters. The molecule has 6 rings (SSSR count). The first-order valence-corrected chi connectivity index (χ1v) is 16.2. The van der Waals surface area contributed by atoms with Crippen LogP contribution in [-0.4, -0.2) is 49.5 Å². The molecule has 0 radical (unpaired) electrons. The fourth-order valence-electron chi connectivity index (χ4n) is 6.27. The van der Waals surface area contributed by atoms with Crippen LogP contribution in [0.2, 0.25) is 5.02 Å². The lowest BCUT2D eigenvalue weighted by Crippen LogP contribution is -2.46. The molecule has 4 aromatic rings. The van der Waals surface area contributed by atoms with Crippen LogP contribution in [0.25, 0.3) is 5.69 Å². The second-order valence-electron chi connectivity index (χ2n) is 12.9. The molecule has 1 aliphatic carbocycles. The highest BCUT2D eigenvalue weighted by molar-refractivity contribution is 6.30. The van der Waals surface area contributed by atoms with Gasteiger partial charge in [0.2, 0.25) is 11.8 Å². The van der Waals surface area contributed by atoms with E-state index in [1.807, 2.05) is 66.7 Å². The van der Waals surface area contributed by atoms with Crippen LogP contribution >= 0.6 is 11.6 Å². The number of aromatic nitrogens is 4. The second-order valence-corrected chi connectivity index (χ2v) is 13.4. The van der Waals surface area contributed by atoms with Crippen molar-refractivity contribution in [2.24, 2.45) is 0 Å². The van der Waals surface area contributed by atoms with Crippen molar-refractivity contribution in [3.05, 3.63) is 101 Å². The van der Waals surface area contributed by atoms with Crippen molar-refractivity contribution < 1.29 is 19.1 Å². The Morgan fingerprint density at radius 2 is 1.72 bits per heavy atom. The third-order valence-electron chi connectivity index (χ3n) is 8.30. The SMILES string of the molecule is CC(C)(C)OC(=O)N[C@H](C(=O)N[C@@H]1Cc2cc(Cl)ccc2-n2c(nnc2C2CCC(Oc3ccccn3)CC2)C1)c1ccccc1. The zero-order valence-electron chi connectivity index (χ0n) is 26.3. The van der Waals surface area contributed by atoms with Gasteiger partial charge in [0.25, 0.3) is 0 Å². The molecule has 2 aliphatic rings. The van der Waals surface area contributed by atoms with E-state index in [1.54, 1.807) is 27.0 Å². The van der Waals surface area contributed by atoms with Crippen molar-refractivity contribution in [1.29, 1.82) is 0 Å². The number of fused-ring (bicyclic) bond motifs is 3. The van der Waals surface area contributed by atoms with Crippen LogP contribution in [0.15, 0.2) is 72.9 Å². The molecule has 0 saturated heterocycles. The first-order chi connectivity index (χ1) is 22.1. The zero-order valence-corrected chi connectivity index (χ0v) is 27.0. The van der Waals surface area contributed by atoms with Crippen molar-refractivity contribution in [2.45, 2.75) is 89.0 Å². The molecule has 1 fully saturated rings. The van der Waals surface area contributed by atoms with Gasteiger partial charge in [0.05, 0.1) is 5.69 Å². The van der Waals surface area contributed by atoms with Crippen LogP contribution in [0.4, 0.5) is 4.79 Å². The Morgan fingerprint density at radius 1 is 0.957 bits per heavy atom. The van der Waals surface area contributed by atoms with Crippen LogP contribution < -0.4 is 15.4 Å². The minimum Gasteiger partial charge on any atom is -0.474 e. The molecule has 2 aromatic carbocycles. The van der Waals surface area contributed by atoms with E-state index in [0.29, 0.717) is 29.3 Å². The summed E-state index contributed by atoms with van der Waals surface area (Å²) in [4.78, 5) is 30.9. The molecule has 0 spiro atoms. The molecule has 3 heterocycles. The molecular formula is C35H39ClN6O4. The molecule has 2 atom stereocenters. The summed E-state index contributed by atoms with van der Waals surface area (Å²) < 4.78 is 13.8. The quantitative estimate of drug-likeness (QED) is 0.244. The van der Waals surface area contributed by atoms with E-state index in [4.69, 9.17) is 26.2 Å². The molecule has 10 nitrogen and oxygen atoms in total. The van der Waals surface area contributed by atoms with Crippen molar-refractivity contribution >= 4 is 23.6 Å². The maximum absolute atomic E-state index is 13.9. The summed E-state index contributed by atoms with van der Waals surface area (Å²) in [7, 11) is 0. The van der Waals surface area contributed by atoms with Crippen LogP contribution in [0.5, 0.6) is 5.88 Å². The van der Waals surface area contributed by atoms with Crippen molar-refractivity contribution in [3.63, 3.8) is 0 Å². The van der Waals surface area contributed by atoms with Gasteiger partial charge in [-0.15, -0.1) is 10.2 Å². The minimum atomic E-state index is -0.949. The smallest absolute Gasteiger partial charge is 0.408 e. The van der Waals surface area contributed by atoms with E-state index in [2.05, 4.69) is 25.3 Å². The number of benzene rings is 2. The summed E-state index contributed by atoms with van der Waals surface area (Å²) >= 11 is 6.49. The van der Waals surface area contributed by atoms with Crippen LogP contribution in [0.1, 0.15) is 81.2 Å². The predicted molar refractivity (Wildman–Crippen MR) is 174 cm³/mol. The monoisotopic (exact) mass is 642 g/mol. The number of amides is 2. The summed E-state index contributed by atoms with van der Waals surface area (Å²) in [6.45, 7) is 5.35. The maximum atomic E-state index is 13.9. The fourth-order valence-corrected chi connectivity index (χ4v) is 6.46. The van der Waals surface area contributed by atoms with Gasteiger partial charge in [0.1, 0.15) is 29.4 Å². The molecule has 2 N–H and O–H groups in total. The number of nitrogens with one attached hydrogen (secondary N) is 2. The van der Waals surface area contributed by atoms with Gasteiger partial charge in [0, 0.05) is 35.7 Å². The van der Waals surface area contributed by atoms with Crippen molar-refractivity contribution in [3.8, 4) is 11.6 Å². The molecule has 1 aliphatic heterocycles. The molecule has 2 aromatic heterocycles. The highest BCUT2D eigenvalue weighted by Crippen LogP contribution is 2.37. The number of alkyl carbamates (subject to hydrolysis) is 1. The number of ether oxygens (including phenoxy) is 2.